The van der Waals surface area contributed by atoms with Crippen molar-refractivity contribution in [1.29, 1.82) is 0 Å². The van der Waals surface area contributed by atoms with Gasteiger partial charge in [-0.2, -0.15) is 0 Å². The Balaban J connectivity index is 1.57. The van der Waals surface area contributed by atoms with Crippen molar-refractivity contribution >= 4 is 47.1 Å². The summed E-state index contributed by atoms with van der Waals surface area (Å²) in [6.07, 6.45) is 1.48. The number of carbonyl (C=O) groups excluding carboxylic acids is 2. The van der Waals surface area contributed by atoms with E-state index in [2.05, 4.69) is 4.99 Å². The Hall–Kier alpha value is -3.35. The Morgan fingerprint density at radius 2 is 1.83 bits per heavy atom. The van der Waals surface area contributed by atoms with E-state index in [-0.39, 0.29) is 11.6 Å². The molecule has 0 aliphatic carbocycles. The molecule has 0 bridgehead atoms. The second-order valence-electron chi connectivity index (χ2n) is 6.28. The molecule has 0 atom stereocenters. The standard InChI is InChI=1S/C22H13Cl2NO5/c1-12(26)28-15-5-2-13(3-6-15)21-25-19(22(27)30-21)11-16-7-9-20(29-16)17-8-4-14(23)10-18(17)24/h2-11H,1H3. The maximum absolute atomic E-state index is 12.2. The Bertz CT molecular complexity index is 1210. The quantitative estimate of drug-likeness (QED) is 0.302. The lowest BCUT2D eigenvalue weighted by atomic mass is 10.2. The smallest absolute Gasteiger partial charge is 0.363 e. The van der Waals surface area contributed by atoms with E-state index in [9.17, 15) is 9.59 Å². The van der Waals surface area contributed by atoms with Crippen molar-refractivity contribution in [2.45, 2.75) is 6.92 Å². The molecule has 1 aliphatic heterocycles. The zero-order valence-electron chi connectivity index (χ0n) is 15.5. The number of rotatable bonds is 4. The van der Waals surface area contributed by atoms with E-state index in [1.54, 1.807) is 54.6 Å². The molecule has 0 saturated carbocycles. The van der Waals surface area contributed by atoms with Gasteiger partial charge in [0.1, 0.15) is 17.3 Å². The maximum Gasteiger partial charge on any atom is 0.363 e. The Labute approximate surface area is 181 Å². The van der Waals surface area contributed by atoms with Crippen LogP contribution in [-0.4, -0.2) is 17.8 Å². The minimum Gasteiger partial charge on any atom is -0.457 e. The first-order chi connectivity index (χ1) is 14.4. The summed E-state index contributed by atoms with van der Waals surface area (Å²) in [5.41, 5.74) is 1.34. The van der Waals surface area contributed by atoms with Gasteiger partial charge in [0.15, 0.2) is 5.70 Å². The van der Waals surface area contributed by atoms with E-state index in [0.29, 0.717) is 38.4 Å². The summed E-state index contributed by atoms with van der Waals surface area (Å²) >= 11 is 12.1. The molecule has 0 radical (unpaired) electrons. The first-order valence-corrected chi connectivity index (χ1v) is 9.51. The van der Waals surface area contributed by atoms with Crippen LogP contribution in [0.2, 0.25) is 10.0 Å². The molecular weight excluding hydrogens is 429 g/mol. The SMILES string of the molecule is CC(=O)Oc1ccc(C2=NC(=Cc3ccc(-c4ccc(Cl)cc4Cl)o3)C(=O)O2)cc1. The van der Waals surface area contributed by atoms with E-state index < -0.39 is 11.9 Å². The van der Waals surface area contributed by atoms with Gasteiger partial charge in [-0.3, -0.25) is 4.79 Å². The summed E-state index contributed by atoms with van der Waals surface area (Å²) < 4.78 is 16.0. The third-order valence-corrected chi connectivity index (χ3v) is 4.63. The highest BCUT2D eigenvalue weighted by Crippen LogP contribution is 2.32. The van der Waals surface area contributed by atoms with Gasteiger partial charge in [0.2, 0.25) is 5.90 Å². The minimum absolute atomic E-state index is 0.0946. The maximum atomic E-state index is 12.2. The van der Waals surface area contributed by atoms with E-state index in [1.807, 2.05) is 0 Å². The number of cyclic esters (lactones) is 1. The lowest BCUT2D eigenvalue weighted by Gasteiger charge is -2.02. The first-order valence-electron chi connectivity index (χ1n) is 8.76. The number of furan rings is 1. The fraction of sp³-hybridized carbons (Fsp3) is 0.0455. The van der Waals surface area contributed by atoms with Crippen LogP contribution in [0.15, 0.2) is 69.7 Å². The summed E-state index contributed by atoms with van der Waals surface area (Å²) in [6, 6.07) is 15.0. The van der Waals surface area contributed by atoms with Crippen molar-refractivity contribution < 1.29 is 23.5 Å². The van der Waals surface area contributed by atoms with Crippen molar-refractivity contribution in [3.05, 3.63) is 81.7 Å². The second-order valence-corrected chi connectivity index (χ2v) is 7.12. The number of halogens is 2. The predicted molar refractivity (Wildman–Crippen MR) is 113 cm³/mol. The van der Waals surface area contributed by atoms with Crippen LogP contribution in [0.5, 0.6) is 5.75 Å². The average Bonchev–Trinajstić information content (AvgIpc) is 3.29. The summed E-state index contributed by atoms with van der Waals surface area (Å²) in [5, 5.41) is 0.975. The monoisotopic (exact) mass is 441 g/mol. The average molecular weight is 442 g/mol. The molecule has 2 aromatic carbocycles. The Kier molecular flexibility index (Phi) is 5.44. The van der Waals surface area contributed by atoms with Crippen molar-refractivity contribution in [2.75, 3.05) is 0 Å². The van der Waals surface area contributed by atoms with Gasteiger partial charge in [-0.15, -0.1) is 0 Å². The molecule has 3 aromatic rings. The van der Waals surface area contributed by atoms with Gasteiger partial charge >= 0.3 is 11.9 Å². The number of benzene rings is 2. The van der Waals surface area contributed by atoms with Crippen LogP contribution in [0.25, 0.3) is 17.4 Å². The molecule has 6 nitrogen and oxygen atoms in total. The molecule has 30 heavy (non-hydrogen) atoms. The zero-order valence-corrected chi connectivity index (χ0v) is 17.0. The van der Waals surface area contributed by atoms with Gasteiger partial charge < -0.3 is 13.9 Å². The number of ether oxygens (including phenoxy) is 2. The molecule has 2 heterocycles. The molecule has 4 rings (SSSR count). The number of hydrogen-bond donors (Lipinski definition) is 0. The third kappa shape index (κ3) is 4.30. The van der Waals surface area contributed by atoms with Crippen molar-refractivity contribution in [1.82, 2.24) is 0 Å². The fourth-order valence-electron chi connectivity index (χ4n) is 2.76. The molecule has 0 saturated heterocycles. The molecule has 0 amide bonds. The summed E-state index contributed by atoms with van der Waals surface area (Å²) in [5.74, 6) is 0.453. The van der Waals surface area contributed by atoms with Crippen LogP contribution >= 0.6 is 23.2 Å². The number of hydrogen-bond acceptors (Lipinski definition) is 6. The highest BCUT2D eigenvalue weighted by atomic mass is 35.5. The van der Waals surface area contributed by atoms with Gasteiger partial charge in [0.25, 0.3) is 0 Å². The van der Waals surface area contributed by atoms with Crippen LogP contribution < -0.4 is 4.74 Å². The number of esters is 2. The predicted octanol–water partition coefficient (Wildman–Crippen LogP) is 5.52. The molecule has 0 fully saturated rings. The topological polar surface area (TPSA) is 78.1 Å². The molecule has 1 aliphatic rings. The van der Waals surface area contributed by atoms with Gasteiger partial charge in [-0.25, -0.2) is 9.79 Å². The van der Waals surface area contributed by atoms with Crippen molar-refractivity contribution in [3.8, 4) is 17.1 Å². The van der Waals surface area contributed by atoms with Crippen molar-refractivity contribution in [2.24, 2.45) is 4.99 Å². The van der Waals surface area contributed by atoms with Crippen LogP contribution in [0.3, 0.4) is 0 Å². The molecular formula is C22H13Cl2NO5. The highest BCUT2D eigenvalue weighted by molar-refractivity contribution is 6.36. The first kappa shape index (κ1) is 19.9. The molecule has 0 unspecified atom stereocenters. The van der Waals surface area contributed by atoms with Crippen molar-refractivity contribution in [3.63, 3.8) is 0 Å². The highest BCUT2D eigenvalue weighted by Gasteiger charge is 2.24. The largest absolute Gasteiger partial charge is 0.457 e. The van der Waals surface area contributed by atoms with E-state index in [1.165, 1.54) is 13.0 Å². The van der Waals surface area contributed by atoms with Gasteiger partial charge in [-0.1, -0.05) is 23.2 Å². The summed E-state index contributed by atoms with van der Waals surface area (Å²) in [4.78, 5) is 27.4. The second kappa shape index (κ2) is 8.18. The van der Waals surface area contributed by atoms with Crippen LogP contribution in [0.4, 0.5) is 0 Å². The van der Waals surface area contributed by atoms with E-state index >= 15 is 0 Å². The Morgan fingerprint density at radius 1 is 1.07 bits per heavy atom. The molecule has 150 valence electrons. The molecule has 1 aromatic heterocycles. The normalized spacial score (nSPS) is 14.6. The fourth-order valence-corrected chi connectivity index (χ4v) is 3.26. The minimum atomic E-state index is -0.600. The molecule has 0 spiro atoms. The van der Waals surface area contributed by atoms with Crippen LogP contribution in [-0.2, 0) is 14.3 Å². The van der Waals surface area contributed by atoms with Gasteiger partial charge in [0.05, 0.1) is 5.02 Å². The van der Waals surface area contributed by atoms with E-state index in [4.69, 9.17) is 37.1 Å². The summed E-state index contributed by atoms with van der Waals surface area (Å²) in [6.45, 7) is 1.31. The molecule has 0 N–H and O–H groups in total. The lowest BCUT2D eigenvalue weighted by Crippen LogP contribution is -2.06. The van der Waals surface area contributed by atoms with Crippen LogP contribution in [0.1, 0.15) is 18.2 Å². The van der Waals surface area contributed by atoms with Gasteiger partial charge in [-0.05, 0) is 54.6 Å². The number of nitrogens with zero attached hydrogens (tertiary/aromatic N) is 1. The third-order valence-electron chi connectivity index (χ3n) is 4.09. The molecule has 8 heteroatoms. The van der Waals surface area contributed by atoms with Gasteiger partial charge in [0, 0.05) is 29.1 Å². The van der Waals surface area contributed by atoms with Crippen LogP contribution in [0, 0.1) is 0 Å². The zero-order chi connectivity index (χ0) is 21.3. The lowest BCUT2D eigenvalue weighted by molar-refractivity contribution is -0.132. The summed E-state index contributed by atoms with van der Waals surface area (Å²) in [7, 11) is 0. The number of carbonyl (C=O) groups is 2. The van der Waals surface area contributed by atoms with E-state index in [0.717, 1.165) is 0 Å². The Morgan fingerprint density at radius 3 is 2.53 bits per heavy atom. The number of aliphatic imine (C=N–C) groups is 1.